The van der Waals surface area contributed by atoms with Gasteiger partial charge in [0.15, 0.2) is 11.2 Å². The fourth-order valence-corrected chi connectivity index (χ4v) is 4.09. The second-order valence-electron chi connectivity index (χ2n) is 6.01. The topological polar surface area (TPSA) is 64.3 Å². The molecule has 1 N–H and O–H groups in total. The van der Waals surface area contributed by atoms with E-state index in [-0.39, 0.29) is 29.0 Å². The monoisotopic (exact) mass is 517 g/mol. The van der Waals surface area contributed by atoms with Crippen LogP contribution in [0, 0.1) is 11.8 Å². The second-order valence-corrected chi connectivity index (χ2v) is 10.1. The zero-order valence-electron chi connectivity index (χ0n) is 16.1. The van der Waals surface area contributed by atoms with Gasteiger partial charge in [0, 0.05) is 18.0 Å². The molecule has 0 atom stereocenters. The third kappa shape index (κ3) is 5.36. The Morgan fingerprint density at radius 1 is 1.33 bits per heavy atom. The zero-order chi connectivity index (χ0) is 21.9. The van der Waals surface area contributed by atoms with Gasteiger partial charge >= 0.3 is 5.51 Å². The van der Waals surface area contributed by atoms with Crippen LogP contribution >= 0.6 is 35.6 Å². The number of ether oxygens (including phenoxy) is 1. The SMILES string of the molecule is COc1nc(P(C)C)ncc1NCC#Cc1nc2c(Br)cccn2c1SC(F)(F)F. The van der Waals surface area contributed by atoms with Crippen LogP contribution < -0.4 is 15.6 Å². The number of rotatable bonds is 5. The van der Waals surface area contributed by atoms with Gasteiger partial charge in [-0.2, -0.15) is 18.2 Å². The number of halogens is 4. The van der Waals surface area contributed by atoms with Crippen molar-refractivity contribution in [1.29, 1.82) is 0 Å². The highest BCUT2D eigenvalue weighted by molar-refractivity contribution is 9.10. The Bertz CT molecular complexity index is 1130. The molecule has 3 heterocycles. The molecule has 158 valence electrons. The maximum Gasteiger partial charge on any atom is 0.447 e. The molecular weight excluding hydrogens is 502 g/mol. The lowest BCUT2D eigenvalue weighted by molar-refractivity contribution is -0.0329. The van der Waals surface area contributed by atoms with Crippen molar-refractivity contribution >= 4 is 52.5 Å². The highest BCUT2D eigenvalue weighted by atomic mass is 79.9. The van der Waals surface area contributed by atoms with Crippen LogP contribution in [0.4, 0.5) is 18.9 Å². The van der Waals surface area contributed by atoms with Crippen molar-refractivity contribution in [3.8, 4) is 17.7 Å². The number of aromatic nitrogens is 4. The van der Waals surface area contributed by atoms with Crippen molar-refractivity contribution in [3.63, 3.8) is 0 Å². The lowest BCUT2D eigenvalue weighted by atomic mass is 10.4. The number of thioether (sulfide) groups is 1. The Labute approximate surface area is 184 Å². The van der Waals surface area contributed by atoms with Crippen LogP contribution in [0.1, 0.15) is 5.69 Å². The van der Waals surface area contributed by atoms with Crippen LogP contribution in [-0.4, -0.2) is 51.8 Å². The van der Waals surface area contributed by atoms with Crippen LogP contribution in [0.5, 0.6) is 5.88 Å². The fourth-order valence-electron chi connectivity index (χ4n) is 2.42. The number of fused-ring (bicyclic) bond motifs is 1. The number of nitrogens with zero attached hydrogens (tertiary/aromatic N) is 4. The van der Waals surface area contributed by atoms with E-state index in [4.69, 9.17) is 4.74 Å². The number of hydrogen-bond donors (Lipinski definition) is 1. The van der Waals surface area contributed by atoms with E-state index in [0.29, 0.717) is 27.3 Å². The Hall–Kier alpha value is -2.02. The molecule has 3 rings (SSSR count). The van der Waals surface area contributed by atoms with E-state index in [9.17, 15) is 13.2 Å². The quantitative estimate of drug-likeness (QED) is 0.308. The first-order valence-electron chi connectivity index (χ1n) is 8.43. The first-order chi connectivity index (χ1) is 14.2. The lowest BCUT2D eigenvalue weighted by Crippen LogP contribution is -2.13. The van der Waals surface area contributed by atoms with E-state index < -0.39 is 13.4 Å². The predicted molar refractivity (Wildman–Crippen MR) is 117 cm³/mol. The highest BCUT2D eigenvalue weighted by Crippen LogP contribution is 2.39. The van der Waals surface area contributed by atoms with Gasteiger partial charge in [-0.1, -0.05) is 5.92 Å². The normalized spacial score (nSPS) is 11.5. The minimum atomic E-state index is -4.46. The summed E-state index contributed by atoms with van der Waals surface area (Å²) >= 11 is 3.06. The minimum absolute atomic E-state index is 0.0483. The summed E-state index contributed by atoms with van der Waals surface area (Å²) in [5.74, 6) is 5.92. The molecule has 30 heavy (non-hydrogen) atoms. The molecule has 0 radical (unpaired) electrons. The van der Waals surface area contributed by atoms with Gasteiger partial charge in [0.05, 0.1) is 24.3 Å². The molecule has 0 aliphatic carbocycles. The number of imidazole rings is 1. The fraction of sp³-hybridized carbons (Fsp3) is 0.278. The van der Waals surface area contributed by atoms with Gasteiger partial charge in [0.2, 0.25) is 5.88 Å². The van der Waals surface area contributed by atoms with Gasteiger partial charge in [-0.25, -0.2) is 9.97 Å². The molecule has 0 unspecified atom stereocenters. The van der Waals surface area contributed by atoms with Gasteiger partial charge in [-0.15, -0.1) is 0 Å². The van der Waals surface area contributed by atoms with E-state index >= 15 is 0 Å². The predicted octanol–water partition coefficient (Wildman–Crippen LogP) is 4.34. The summed E-state index contributed by atoms with van der Waals surface area (Å²) in [4.78, 5) is 12.9. The van der Waals surface area contributed by atoms with Crippen LogP contribution in [0.3, 0.4) is 0 Å². The number of nitrogens with one attached hydrogen (secondary N) is 1. The molecule has 0 spiro atoms. The largest absolute Gasteiger partial charge is 0.479 e. The van der Waals surface area contributed by atoms with Crippen molar-refractivity contribution in [2.75, 3.05) is 32.3 Å². The van der Waals surface area contributed by atoms with Crippen LogP contribution in [0.2, 0.25) is 0 Å². The van der Waals surface area contributed by atoms with Gasteiger partial charge < -0.3 is 10.1 Å². The average Bonchev–Trinajstić information content (AvgIpc) is 3.02. The van der Waals surface area contributed by atoms with Crippen molar-refractivity contribution in [2.24, 2.45) is 0 Å². The summed E-state index contributed by atoms with van der Waals surface area (Å²) in [6, 6.07) is 3.34. The van der Waals surface area contributed by atoms with Gasteiger partial charge in [-0.3, -0.25) is 4.40 Å². The van der Waals surface area contributed by atoms with E-state index in [1.54, 1.807) is 18.3 Å². The maximum absolute atomic E-state index is 13.0. The molecule has 6 nitrogen and oxygen atoms in total. The molecule has 3 aromatic heterocycles. The summed E-state index contributed by atoms with van der Waals surface area (Å²) in [6.07, 6.45) is 3.13. The van der Waals surface area contributed by atoms with Crippen LogP contribution in [0.25, 0.3) is 5.65 Å². The molecular formula is C18H16BrF3N5OPS. The van der Waals surface area contributed by atoms with Gasteiger partial charge in [-0.05, 0) is 55.2 Å². The molecule has 0 saturated heterocycles. The Balaban J connectivity index is 1.85. The van der Waals surface area contributed by atoms with E-state index in [2.05, 4.69) is 48.0 Å². The smallest absolute Gasteiger partial charge is 0.447 e. The third-order valence-corrected chi connectivity index (χ3v) is 6.13. The average molecular weight is 518 g/mol. The second kappa shape index (κ2) is 9.41. The van der Waals surface area contributed by atoms with Crippen molar-refractivity contribution in [3.05, 3.63) is 34.7 Å². The standard InChI is InChI=1S/C18H16BrF3N5OPS/c1-28-15-13(10-24-17(26-15)29(2)3)23-8-4-7-12-16(30-18(20,21)22)27-9-5-6-11(19)14(27)25-12/h5-6,9-10,23H,8H2,1-3H3. The number of alkyl halides is 3. The van der Waals surface area contributed by atoms with Crippen molar-refractivity contribution < 1.29 is 17.9 Å². The summed E-state index contributed by atoms with van der Waals surface area (Å²) in [7, 11) is 1.03. The number of anilines is 1. The first-order valence-corrected chi connectivity index (χ1v) is 12.3. The van der Waals surface area contributed by atoms with Gasteiger partial charge in [0.1, 0.15) is 16.4 Å². The zero-order valence-corrected chi connectivity index (χ0v) is 19.4. The lowest BCUT2D eigenvalue weighted by Gasteiger charge is -2.10. The van der Waals surface area contributed by atoms with E-state index in [1.165, 1.54) is 17.7 Å². The molecule has 0 amide bonds. The molecule has 0 saturated carbocycles. The molecule has 0 aliphatic heterocycles. The van der Waals surface area contributed by atoms with E-state index in [1.807, 2.05) is 13.3 Å². The minimum Gasteiger partial charge on any atom is -0.479 e. The Morgan fingerprint density at radius 3 is 2.77 bits per heavy atom. The van der Waals surface area contributed by atoms with Crippen LogP contribution in [0.15, 0.2) is 34.0 Å². The highest BCUT2D eigenvalue weighted by Gasteiger charge is 2.33. The summed E-state index contributed by atoms with van der Waals surface area (Å²) in [5, 5.41) is 2.94. The number of hydrogen-bond acceptors (Lipinski definition) is 6. The molecule has 3 aromatic rings. The maximum atomic E-state index is 13.0. The summed E-state index contributed by atoms with van der Waals surface area (Å²) in [6.45, 7) is 4.22. The Kier molecular flexibility index (Phi) is 7.11. The van der Waals surface area contributed by atoms with Crippen LogP contribution in [-0.2, 0) is 0 Å². The van der Waals surface area contributed by atoms with Crippen molar-refractivity contribution in [2.45, 2.75) is 10.5 Å². The number of pyridine rings is 1. The molecule has 12 heteroatoms. The van der Waals surface area contributed by atoms with E-state index in [0.717, 1.165) is 0 Å². The summed E-state index contributed by atoms with van der Waals surface area (Å²) < 4.78 is 46.3. The van der Waals surface area contributed by atoms with Gasteiger partial charge in [0.25, 0.3) is 0 Å². The number of methoxy groups -OCH3 is 1. The third-order valence-electron chi connectivity index (χ3n) is 3.68. The summed E-state index contributed by atoms with van der Waals surface area (Å²) in [5.41, 5.74) is -2.79. The molecule has 0 aromatic carbocycles. The van der Waals surface area contributed by atoms with Crippen molar-refractivity contribution in [1.82, 2.24) is 19.4 Å². The Morgan fingerprint density at radius 2 is 2.10 bits per heavy atom. The molecule has 0 fully saturated rings. The molecule has 0 aliphatic rings. The molecule has 0 bridgehead atoms. The first kappa shape index (κ1) is 22.7.